The van der Waals surface area contributed by atoms with E-state index in [1.165, 1.54) is 4.68 Å². The Balaban J connectivity index is 1.48. The summed E-state index contributed by atoms with van der Waals surface area (Å²) in [6.45, 7) is 1.61. The number of nitrogens with one attached hydrogen (secondary N) is 2. The fraction of sp³-hybridized carbons (Fsp3) is 0.0769. The summed E-state index contributed by atoms with van der Waals surface area (Å²) >= 11 is 0. The molecule has 0 spiro atoms. The molecular weight excluding hydrogens is 430 g/mol. The van der Waals surface area contributed by atoms with Gasteiger partial charge in [0.05, 0.1) is 11.4 Å². The van der Waals surface area contributed by atoms with Gasteiger partial charge in [-0.25, -0.2) is 9.48 Å². The van der Waals surface area contributed by atoms with Crippen LogP contribution in [0.4, 0.5) is 4.79 Å². The molecule has 1 saturated heterocycles. The molecule has 0 radical (unpaired) electrons. The summed E-state index contributed by atoms with van der Waals surface area (Å²) in [5, 5.41) is 8.02. The van der Waals surface area contributed by atoms with E-state index in [0.717, 1.165) is 10.6 Å². The van der Waals surface area contributed by atoms with Crippen LogP contribution in [-0.4, -0.2) is 32.6 Å². The molecule has 4 amide bonds. The van der Waals surface area contributed by atoms with Crippen molar-refractivity contribution in [1.82, 2.24) is 25.5 Å². The molecule has 1 aliphatic rings. The Kier molecular flexibility index (Phi) is 5.18. The predicted octanol–water partition coefficient (Wildman–Crippen LogP) is 3.65. The van der Waals surface area contributed by atoms with Crippen molar-refractivity contribution >= 4 is 17.8 Å². The number of para-hydroxylation sites is 1. The summed E-state index contributed by atoms with van der Waals surface area (Å²) in [4.78, 5) is 39.2. The number of amides is 4. The standard InChI is InChI=1S/C26H21N5O3/c1-26(19-13-7-3-8-14-19)24(33)31(25(34)27-26)29-23(32)22-17-21(18-11-5-2-6-12-18)28-30(22)20-15-9-4-10-16-20/h2-17H,1H3,(H,27,34)(H,29,32)/t26-/m0/s1. The summed E-state index contributed by atoms with van der Waals surface area (Å²) in [6, 6.07) is 28.4. The first kappa shape index (κ1) is 21.1. The number of hydrazine groups is 1. The van der Waals surface area contributed by atoms with Crippen LogP contribution in [0.1, 0.15) is 23.0 Å². The monoisotopic (exact) mass is 451 g/mol. The maximum absolute atomic E-state index is 13.3. The highest BCUT2D eigenvalue weighted by Crippen LogP contribution is 2.28. The van der Waals surface area contributed by atoms with Gasteiger partial charge in [-0.3, -0.25) is 15.0 Å². The topological polar surface area (TPSA) is 96.3 Å². The Hall–Kier alpha value is -4.72. The van der Waals surface area contributed by atoms with Crippen molar-refractivity contribution in [1.29, 1.82) is 0 Å². The Morgan fingerprint density at radius 3 is 2.12 bits per heavy atom. The van der Waals surface area contributed by atoms with Crippen molar-refractivity contribution in [3.63, 3.8) is 0 Å². The van der Waals surface area contributed by atoms with E-state index in [1.807, 2.05) is 66.7 Å². The maximum atomic E-state index is 13.3. The number of nitrogens with zero attached hydrogens (tertiary/aromatic N) is 3. The van der Waals surface area contributed by atoms with E-state index in [2.05, 4.69) is 15.8 Å². The molecule has 0 saturated carbocycles. The highest BCUT2D eigenvalue weighted by Gasteiger charge is 2.50. The first-order valence-corrected chi connectivity index (χ1v) is 10.7. The zero-order valence-electron chi connectivity index (χ0n) is 18.3. The molecule has 3 aromatic carbocycles. The molecule has 2 N–H and O–H groups in total. The SMILES string of the molecule is C[C@@]1(c2ccccc2)NC(=O)N(NC(=O)c2cc(-c3ccccc3)nn2-c2ccccc2)C1=O. The van der Waals surface area contributed by atoms with Crippen molar-refractivity contribution in [2.45, 2.75) is 12.5 Å². The quantitative estimate of drug-likeness (QED) is 0.453. The minimum absolute atomic E-state index is 0.180. The van der Waals surface area contributed by atoms with E-state index in [-0.39, 0.29) is 5.69 Å². The van der Waals surface area contributed by atoms with Crippen LogP contribution >= 0.6 is 0 Å². The zero-order chi connectivity index (χ0) is 23.7. The molecule has 4 aromatic rings. The lowest BCUT2D eigenvalue weighted by Gasteiger charge is -2.22. The lowest BCUT2D eigenvalue weighted by Crippen LogP contribution is -2.48. The van der Waals surface area contributed by atoms with Gasteiger partial charge in [0, 0.05) is 5.56 Å². The molecule has 34 heavy (non-hydrogen) atoms. The summed E-state index contributed by atoms with van der Waals surface area (Å²) in [5.74, 6) is -1.22. The molecule has 168 valence electrons. The lowest BCUT2D eigenvalue weighted by atomic mass is 9.92. The average molecular weight is 451 g/mol. The lowest BCUT2D eigenvalue weighted by molar-refractivity contribution is -0.132. The normalized spacial score (nSPS) is 17.5. The van der Waals surface area contributed by atoms with Gasteiger partial charge in [-0.05, 0) is 30.7 Å². The molecule has 8 nitrogen and oxygen atoms in total. The van der Waals surface area contributed by atoms with E-state index in [9.17, 15) is 14.4 Å². The number of imide groups is 1. The van der Waals surface area contributed by atoms with Crippen LogP contribution in [-0.2, 0) is 10.3 Å². The van der Waals surface area contributed by atoms with Gasteiger partial charge in [-0.2, -0.15) is 10.1 Å². The number of rotatable bonds is 5. The van der Waals surface area contributed by atoms with Crippen molar-refractivity contribution in [3.8, 4) is 16.9 Å². The van der Waals surface area contributed by atoms with Crippen LogP contribution in [0.25, 0.3) is 16.9 Å². The zero-order valence-corrected chi connectivity index (χ0v) is 18.3. The molecule has 2 heterocycles. The van der Waals surface area contributed by atoms with Crippen molar-refractivity contribution in [2.24, 2.45) is 0 Å². The number of hydrogen-bond acceptors (Lipinski definition) is 4. The van der Waals surface area contributed by atoms with Crippen LogP contribution in [0.15, 0.2) is 97.1 Å². The van der Waals surface area contributed by atoms with Gasteiger partial charge >= 0.3 is 6.03 Å². The van der Waals surface area contributed by atoms with Crippen molar-refractivity contribution < 1.29 is 14.4 Å². The van der Waals surface area contributed by atoms with Gasteiger partial charge < -0.3 is 5.32 Å². The van der Waals surface area contributed by atoms with Gasteiger partial charge in [0.1, 0.15) is 11.2 Å². The molecule has 8 heteroatoms. The number of hydrogen-bond donors (Lipinski definition) is 2. The van der Waals surface area contributed by atoms with Gasteiger partial charge in [0.25, 0.3) is 11.8 Å². The molecule has 1 fully saturated rings. The van der Waals surface area contributed by atoms with Crippen LogP contribution in [0.5, 0.6) is 0 Å². The number of urea groups is 1. The average Bonchev–Trinajstić information content (AvgIpc) is 3.42. The fourth-order valence-corrected chi connectivity index (χ4v) is 3.93. The second-order valence-corrected chi connectivity index (χ2v) is 8.03. The van der Waals surface area contributed by atoms with Gasteiger partial charge in [-0.1, -0.05) is 78.9 Å². The Bertz CT molecular complexity index is 1370. The summed E-state index contributed by atoms with van der Waals surface area (Å²) < 4.78 is 1.49. The highest BCUT2D eigenvalue weighted by molar-refractivity contribution is 6.09. The Labute approximate surface area is 195 Å². The van der Waals surface area contributed by atoms with Gasteiger partial charge in [0.2, 0.25) is 0 Å². The third-order valence-corrected chi connectivity index (χ3v) is 5.77. The summed E-state index contributed by atoms with van der Waals surface area (Å²) in [6.07, 6.45) is 0. The fourth-order valence-electron chi connectivity index (χ4n) is 3.93. The largest absolute Gasteiger partial charge is 0.344 e. The number of carbonyl (C=O) groups excluding carboxylic acids is 3. The molecule has 1 atom stereocenters. The number of aromatic nitrogens is 2. The smallest absolute Gasteiger partial charge is 0.318 e. The molecule has 0 unspecified atom stereocenters. The first-order chi connectivity index (χ1) is 16.5. The Morgan fingerprint density at radius 1 is 0.882 bits per heavy atom. The summed E-state index contributed by atoms with van der Waals surface area (Å²) in [7, 11) is 0. The second-order valence-electron chi connectivity index (χ2n) is 8.03. The van der Waals surface area contributed by atoms with Crippen molar-refractivity contribution in [2.75, 3.05) is 0 Å². The van der Waals surface area contributed by atoms with Gasteiger partial charge in [-0.15, -0.1) is 0 Å². The number of benzene rings is 3. The highest BCUT2D eigenvalue weighted by atomic mass is 16.2. The van der Waals surface area contributed by atoms with Crippen molar-refractivity contribution in [3.05, 3.63) is 108 Å². The minimum atomic E-state index is -1.29. The number of carbonyl (C=O) groups is 3. The third-order valence-electron chi connectivity index (χ3n) is 5.77. The minimum Gasteiger partial charge on any atom is -0.318 e. The van der Waals surface area contributed by atoms with Crippen LogP contribution in [0.3, 0.4) is 0 Å². The maximum Gasteiger partial charge on any atom is 0.344 e. The van der Waals surface area contributed by atoms with E-state index in [0.29, 0.717) is 16.9 Å². The molecule has 1 aliphatic heterocycles. The van der Waals surface area contributed by atoms with Crippen LogP contribution < -0.4 is 10.7 Å². The van der Waals surface area contributed by atoms with E-state index < -0.39 is 23.4 Å². The van der Waals surface area contributed by atoms with E-state index in [4.69, 9.17) is 0 Å². The molecule has 1 aromatic heterocycles. The summed E-state index contributed by atoms with van der Waals surface area (Å²) in [5.41, 5.74) is 4.05. The molecule has 5 rings (SSSR count). The van der Waals surface area contributed by atoms with Gasteiger partial charge in [0.15, 0.2) is 0 Å². The van der Waals surface area contributed by atoms with Crippen LogP contribution in [0, 0.1) is 0 Å². The molecular formula is C26H21N5O3. The Morgan fingerprint density at radius 2 is 1.47 bits per heavy atom. The molecule has 0 bridgehead atoms. The molecule has 0 aliphatic carbocycles. The predicted molar refractivity (Wildman–Crippen MR) is 126 cm³/mol. The first-order valence-electron chi connectivity index (χ1n) is 10.7. The van der Waals surface area contributed by atoms with E-state index in [1.54, 1.807) is 37.3 Å². The van der Waals surface area contributed by atoms with E-state index >= 15 is 0 Å². The second kappa shape index (κ2) is 8.32. The third kappa shape index (κ3) is 3.61. The van der Waals surface area contributed by atoms with Crippen LogP contribution in [0.2, 0.25) is 0 Å².